The molecule has 7 heteroatoms. The SMILES string of the molecule is O=CNc1ccccc1C=C(C(=O)O)c1cccc(NC2=NCCCS2)c1. The first-order valence-corrected chi connectivity index (χ1v) is 9.45. The number of nitrogens with one attached hydrogen (secondary N) is 2. The molecule has 6 nitrogen and oxygen atoms in total. The summed E-state index contributed by atoms with van der Waals surface area (Å²) in [5.41, 5.74) is 2.65. The number of carboxylic acids is 1. The lowest BCUT2D eigenvalue weighted by molar-refractivity contribution is -0.130. The van der Waals surface area contributed by atoms with Crippen LogP contribution >= 0.6 is 11.8 Å². The van der Waals surface area contributed by atoms with Crippen molar-refractivity contribution in [2.75, 3.05) is 22.9 Å². The van der Waals surface area contributed by atoms with Gasteiger partial charge in [-0.3, -0.25) is 9.79 Å². The minimum Gasteiger partial charge on any atom is -0.478 e. The number of carbonyl (C=O) groups excluding carboxylic acids is 1. The van der Waals surface area contributed by atoms with Gasteiger partial charge < -0.3 is 15.7 Å². The maximum atomic E-state index is 11.9. The molecule has 0 atom stereocenters. The number of nitrogens with zero attached hydrogens (tertiary/aromatic N) is 1. The van der Waals surface area contributed by atoms with E-state index in [9.17, 15) is 14.7 Å². The van der Waals surface area contributed by atoms with Crippen molar-refractivity contribution in [1.29, 1.82) is 0 Å². The van der Waals surface area contributed by atoms with Crippen molar-refractivity contribution in [3.05, 3.63) is 59.7 Å². The van der Waals surface area contributed by atoms with Gasteiger partial charge >= 0.3 is 5.97 Å². The fraction of sp³-hybridized carbons (Fsp3) is 0.150. The van der Waals surface area contributed by atoms with Crippen molar-refractivity contribution >= 4 is 52.3 Å². The van der Waals surface area contributed by atoms with Crippen LogP contribution in [0.1, 0.15) is 17.5 Å². The van der Waals surface area contributed by atoms with Crippen LogP contribution in [0.15, 0.2) is 53.5 Å². The summed E-state index contributed by atoms with van der Waals surface area (Å²) in [6.45, 7) is 0.801. The van der Waals surface area contributed by atoms with Crippen molar-refractivity contribution < 1.29 is 14.7 Å². The Morgan fingerprint density at radius 3 is 2.78 bits per heavy atom. The number of para-hydroxylation sites is 1. The van der Waals surface area contributed by atoms with Gasteiger partial charge in [0.1, 0.15) is 0 Å². The van der Waals surface area contributed by atoms with E-state index >= 15 is 0 Å². The molecule has 27 heavy (non-hydrogen) atoms. The molecule has 0 bridgehead atoms. The first-order valence-electron chi connectivity index (χ1n) is 8.46. The van der Waals surface area contributed by atoms with Crippen LogP contribution in [0.4, 0.5) is 11.4 Å². The van der Waals surface area contributed by atoms with Crippen LogP contribution in [-0.2, 0) is 9.59 Å². The van der Waals surface area contributed by atoms with Gasteiger partial charge in [0.05, 0.1) is 5.57 Å². The summed E-state index contributed by atoms with van der Waals surface area (Å²) in [5, 5.41) is 16.4. The van der Waals surface area contributed by atoms with Gasteiger partial charge in [0.25, 0.3) is 0 Å². The lowest BCUT2D eigenvalue weighted by Crippen LogP contribution is -2.13. The summed E-state index contributed by atoms with van der Waals surface area (Å²) in [4.78, 5) is 27.1. The number of carbonyl (C=O) groups is 2. The van der Waals surface area contributed by atoms with Crippen LogP contribution in [0.25, 0.3) is 11.6 Å². The van der Waals surface area contributed by atoms with E-state index in [-0.39, 0.29) is 5.57 Å². The van der Waals surface area contributed by atoms with E-state index in [0.29, 0.717) is 23.2 Å². The molecular weight excluding hydrogens is 362 g/mol. The van der Waals surface area contributed by atoms with Crippen LogP contribution in [0, 0.1) is 0 Å². The summed E-state index contributed by atoms with van der Waals surface area (Å²) in [6, 6.07) is 14.2. The van der Waals surface area contributed by atoms with Gasteiger partial charge in [-0.2, -0.15) is 0 Å². The van der Waals surface area contributed by atoms with Gasteiger partial charge in [-0.05, 0) is 41.8 Å². The summed E-state index contributed by atoms with van der Waals surface area (Å²) in [7, 11) is 0. The van der Waals surface area contributed by atoms with Crippen LogP contribution < -0.4 is 10.6 Å². The van der Waals surface area contributed by atoms with Crippen molar-refractivity contribution in [2.45, 2.75) is 6.42 Å². The lowest BCUT2D eigenvalue weighted by Gasteiger charge is -2.14. The first kappa shape index (κ1) is 18.7. The van der Waals surface area contributed by atoms with Crippen LogP contribution in [0.3, 0.4) is 0 Å². The van der Waals surface area contributed by atoms with E-state index in [1.807, 2.05) is 6.07 Å². The molecule has 3 N–H and O–H groups in total. The zero-order chi connectivity index (χ0) is 19.1. The van der Waals surface area contributed by atoms with Crippen LogP contribution in [0.2, 0.25) is 0 Å². The number of thioether (sulfide) groups is 1. The Bertz CT molecular complexity index is 909. The summed E-state index contributed by atoms with van der Waals surface area (Å²) >= 11 is 1.66. The van der Waals surface area contributed by atoms with Crippen LogP contribution in [0.5, 0.6) is 0 Å². The molecule has 1 amide bonds. The summed E-state index contributed by atoms with van der Waals surface area (Å²) in [5.74, 6) is -0.0239. The van der Waals surface area contributed by atoms with Gasteiger partial charge in [-0.15, -0.1) is 0 Å². The third-order valence-corrected chi connectivity index (χ3v) is 4.92. The lowest BCUT2D eigenvalue weighted by atomic mass is 10.0. The molecule has 138 valence electrons. The molecule has 1 aliphatic rings. The fourth-order valence-electron chi connectivity index (χ4n) is 2.67. The predicted octanol–water partition coefficient (Wildman–Crippen LogP) is 3.78. The smallest absolute Gasteiger partial charge is 0.336 e. The number of amidine groups is 1. The highest BCUT2D eigenvalue weighted by atomic mass is 32.2. The number of anilines is 2. The normalized spacial score (nSPS) is 14.2. The molecular formula is C20H19N3O3S. The third-order valence-electron chi connectivity index (χ3n) is 3.93. The Labute approximate surface area is 161 Å². The molecule has 0 aliphatic carbocycles. The van der Waals surface area contributed by atoms with E-state index in [1.165, 1.54) is 0 Å². The summed E-state index contributed by atoms with van der Waals surface area (Å²) in [6.07, 6.45) is 3.19. The molecule has 1 heterocycles. The molecule has 0 saturated heterocycles. The molecule has 2 aromatic rings. The Kier molecular flexibility index (Phi) is 6.27. The number of amides is 1. The Hall–Kier alpha value is -3.06. The van der Waals surface area contributed by atoms with Gasteiger partial charge in [-0.25, -0.2) is 4.79 Å². The first-order chi connectivity index (χ1) is 13.2. The Morgan fingerprint density at radius 2 is 2.04 bits per heavy atom. The van der Waals surface area contributed by atoms with E-state index in [4.69, 9.17) is 0 Å². The molecule has 1 aliphatic heterocycles. The Morgan fingerprint density at radius 1 is 1.19 bits per heavy atom. The van der Waals surface area contributed by atoms with Gasteiger partial charge in [0.15, 0.2) is 5.17 Å². The molecule has 0 saturated carbocycles. The average molecular weight is 381 g/mol. The van der Waals surface area contributed by atoms with Gasteiger partial charge in [0, 0.05) is 23.7 Å². The second kappa shape index (κ2) is 9.05. The van der Waals surface area contributed by atoms with Gasteiger partial charge in [0.2, 0.25) is 6.41 Å². The highest BCUT2D eigenvalue weighted by molar-refractivity contribution is 8.14. The van der Waals surface area contributed by atoms with E-state index in [1.54, 1.807) is 60.3 Å². The number of aliphatic carboxylic acids is 1. The molecule has 0 unspecified atom stereocenters. The second-order valence-corrected chi connectivity index (χ2v) is 6.89. The summed E-state index contributed by atoms with van der Waals surface area (Å²) < 4.78 is 0. The average Bonchev–Trinajstić information content (AvgIpc) is 2.68. The highest BCUT2D eigenvalue weighted by Gasteiger charge is 2.13. The number of carboxylic acid groups (broad SMARTS) is 1. The second-order valence-electron chi connectivity index (χ2n) is 5.81. The fourth-order valence-corrected chi connectivity index (χ4v) is 3.50. The number of hydrogen-bond donors (Lipinski definition) is 3. The van der Waals surface area contributed by atoms with Crippen molar-refractivity contribution in [3.63, 3.8) is 0 Å². The predicted molar refractivity (Wildman–Crippen MR) is 111 cm³/mol. The molecule has 3 rings (SSSR count). The monoisotopic (exact) mass is 381 g/mol. The van der Waals surface area contributed by atoms with Crippen molar-refractivity contribution in [3.8, 4) is 0 Å². The van der Waals surface area contributed by atoms with Crippen LogP contribution in [-0.4, -0.2) is 35.0 Å². The van der Waals surface area contributed by atoms with Crippen molar-refractivity contribution in [1.82, 2.24) is 0 Å². The van der Waals surface area contributed by atoms with E-state index in [0.717, 1.165) is 29.6 Å². The molecule has 0 aromatic heterocycles. The molecule has 0 radical (unpaired) electrons. The molecule has 0 spiro atoms. The maximum absolute atomic E-state index is 11.9. The minimum absolute atomic E-state index is 0.136. The minimum atomic E-state index is -1.04. The quantitative estimate of drug-likeness (QED) is 0.402. The van der Waals surface area contributed by atoms with Crippen molar-refractivity contribution in [2.24, 2.45) is 4.99 Å². The zero-order valence-corrected chi connectivity index (χ0v) is 15.3. The molecule has 0 fully saturated rings. The maximum Gasteiger partial charge on any atom is 0.336 e. The standard InChI is InChI=1S/C20H19N3O3S/c24-13-22-18-8-2-1-5-15(18)12-17(19(25)26)14-6-3-7-16(11-14)23-20-21-9-4-10-27-20/h1-3,5-8,11-13H,4,9-10H2,(H,21,23)(H,22,24)(H,25,26). The van der Waals surface area contributed by atoms with Gasteiger partial charge in [-0.1, -0.05) is 42.1 Å². The molecule has 2 aromatic carbocycles. The largest absolute Gasteiger partial charge is 0.478 e. The Balaban J connectivity index is 1.94. The topological polar surface area (TPSA) is 90.8 Å². The number of benzene rings is 2. The third kappa shape index (κ3) is 4.98. The highest BCUT2D eigenvalue weighted by Crippen LogP contribution is 2.26. The van der Waals surface area contributed by atoms with E-state index < -0.39 is 5.97 Å². The number of rotatable bonds is 6. The van der Waals surface area contributed by atoms with E-state index in [2.05, 4.69) is 15.6 Å². The zero-order valence-electron chi connectivity index (χ0n) is 14.5. The number of hydrogen-bond acceptors (Lipinski definition) is 5. The number of aliphatic imine (C=N–C) groups is 1.